The van der Waals surface area contributed by atoms with Crippen LogP contribution in [0, 0.1) is 5.82 Å². The molecule has 1 aromatic rings. The van der Waals surface area contributed by atoms with Gasteiger partial charge in [-0.2, -0.15) is 0 Å². The number of aliphatic imine (C=N–C) groups is 1. The molecule has 0 spiro atoms. The summed E-state index contributed by atoms with van der Waals surface area (Å²) in [6.45, 7) is 4.24. The maximum Gasteiger partial charge on any atom is 0.191 e. The van der Waals surface area contributed by atoms with Crippen LogP contribution in [0.3, 0.4) is 0 Å². The van der Waals surface area contributed by atoms with Crippen LogP contribution in [0.25, 0.3) is 0 Å². The second-order valence-corrected chi connectivity index (χ2v) is 4.40. The zero-order valence-electron chi connectivity index (χ0n) is 12.9. The number of hydrogen-bond acceptors (Lipinski definition) is 3. The lowest BCUT2D eigenvalue weighted by atomic mass is 10.2. The van der Waals surface area contributed by atoms with E-state index in [0.29, 0.717) is 25.7 Å². The minimum atomic E-state index is -0.348. The molecule has 6 heteroatoms. The van der Waals surface area contributed by atoms with Gasteiger partial charge in [0.15, 0.2) is 17.5 Å². The van der Waals surface area contributed by atoms with Gasteiger partial charge in [-0.15, -0.1) is 0 Å². The normalized spacial score (nSPS) is 11.3. The molecule has 0 radical (unpaired) electrons. The van der Waals surface area contributed by atoms with Gasteiger partial charge in [0.1, 0.15) is 0 Å². The van der Waals surface area contributed by atoms with Crippen LogP contribution < -0.4 is 15.4 Å². The van der Waals surface area contributed by atoms with Gasteiger partial charge in [-0.1, -0.05) is 6.07 Å². The van der Waals surface area contributed by atoms with Crippen molar-refractivity contribution in [3.8, 4) is 5.75 Å². The first-order chi connectivity index (χ1) is 10.2. The molecule has 0 fully saturated rings. The Hall–Kier alpha value is -1.82. The molecular weight excluding hydrogens is 273 g/mol. The van der Waals surface area contributed by atoms with Gasteiger partial charge in [0.25, 0.3) is 0 Å². The highest BCUT2D eigenvalue weighted by atomic mass is 19.1. The van der Waals surface area contributed by atoms with Gasteiger partial charge in [0, 0.05) is 33.9 Å². The smallest absolute Gasteiger partial charge is 0.191 e. The molecule has 118 valence electrons. The molecule has 0 heterocycles. The summed E-state index contributed by atoms with van der Waals surface area (Å²) in [5, 5.41) is 6.29. The van der Waals surface area contributed by atoms with E-state index in [1.165, 1.54) is 6.07 Å². The van der Waals surface area contributed by atoms with E-state index in [-0.39, 0.29) is 11.6 Å². The number of methoxy groups -OCH3 is 1. The molecular formula is C15H24FN3O2. The second-order valence-electron chi connectivity index (χ2n) is 4.40. The molecule has 1 aromatic carbocycles. The molecule has 0 aromatic heterocycles. The van der Waals surface area contributed by atoms with Crippen molar-refractivity contribution < 1.29 is 13.9 Å². The average molecular weight is 297 g/mol. The van der Waals surface area contributed by atoms with Crippen LogP contribution in [0.15, 0.2) is 23.2 Å². The van der Waals surface area contributed by atoms with E-state index in [0.717, 1.165) is 18.5 Å². The standard InChI is InChI=1S/C15H24FN3O2/c1-4-21-14-7-6-12(10-13(14)16)11-19-15(17-2)18-8-5-9-20-3/h6-7,10H,4-5,8-9,11H2,1-3H3,(H2,17,18,19). The number of benzene rings is 1. The second kappa shape index (κ2) is 9.99. The maximum atomic E-state index is 13.7. The molecule has 0 saturated heterocycles. The Bertz CT molecular complexity index is 453. The summed E-state index contributed by atoms with van der Waals surface area (Å²) in [5.74, 6) is 0.614. The summed E-state index contributed by atoms with van der Waals surface area (Å²) >= 11 is 0. The lowest BCUT2D eigenvalue weighted by molar-refractivity contribution is 0.195. The van der Waals surface area contributed by atoms with E-state index in [2.05, 4.69) is 15.6 Å². The molecule has 0 saturated carbocycles. The number of nitrogens with zero attached hydrogens (tertiary/aromatic N) is 1. The van der Waals surface area contributed by atoms with Crippen molar-refractivity contribution in [1.82, 2.24) is 10.6 Å². The van der Waals surface area contributed by atoms with Crippen molar-refractivity contribution in [1.29, 1.82) is 0 Å². The molecule has 1 rings (SSSR count). The number of rotatable bonds is 8. The largest absolute Gasteiger partial charge is 0.491 e. The Balaban J connectivity index is 2.44. The minimum absolute atomic E-state index is 0.281. The molecule has 5 nitrogen and oxygen atoms in total. The highest BCUT2D eigenvalue weighted by Gasteiger charge is 2.05. The highest BCUT2D eigenvalue weighted by Crippen LogP contribution is 2.18. The molecule has 0 atom stereocenters. The number of halogens is 1. The predicted octanol–water partition coefficient (Wildman–Crippen LogP) is 1.93. The summed E-state index contributed by atoms with van der Waals surface area (Å²) in [4.78, 5) is 4.11. The van der Waals surface area contributed by atoms with Crippen LogP contribution in [0.4, 0.5) is 4.39 Å². The van der Waals surface area contributed by atoms with E-state index in [4.69, 9.17) is 9.47 Å². The number of guanidine groups is 1. The first-order valence-electron chi connectivity index (χ1n) is 7.06. The van der Waals surface area contributed by atoms with E-state index in [9.17, 15) is 4.39 Å². The van der Waals surface area contributed by atoms with Crippen molar-refractivity contribution in [2.75, 3.05) is 33.9 Å². The third-order valence-electron chi connectivity index (χ3n) is 2.80. The van der Waals surface area contributed by atoms with Crippen LogP contribution in [0.1, 0.15) is 18.9 Å². The fourth-order valence-corrected chi connectivity index (χ4v) is 1.76. The van der Waals surface area contributed by atoms with Crippen molar-refractivity contribution in [2.24, 2.45) is 4.99 Å². The first kappa shape index (κ1) is 17.2. The Kier molecular flexibility index (Phi) is 8.19. The zero-order valence-corrected chi connectivity index (χ0v) is 12.9. The molecule has 0 aliphatic heterocycles. The van der Waals surface area contributed by atoms with E-state index in [1.54, 1.807) is 20.2 Å². The summed E-state index contributed by atoms with van der Waals surface area (Å²) in [5.41, 5.74) is 0.829. The van der Waals surface area contributed by atoms with Crippen LogP contribution in [0.2, 0.25) is 0 Å². The van der Waals surface area contributed by atoms with Gasteiger partial charge < -0.3 is 20.1 Å². The quantitative estimate of drug-likeness (QED) is 0.437. The Morgan fingerprint density at radius 3 is 2.76 bits per heavy atom. The minimum Gasteiger partial charge on any atom is -0.491 e. The zero-order chi connectivity index (χ0) is 15.5. The third kappa shape index (κ3) is 6.44. The van der Waals surface area contributed by atoms with Gasteiger partial charge in [-0.3, -0.25) is 4.99 Å². The topological polar surface area (TPSA) is 54.9 Å². The monoisotopic (exact) mass is 297 g/mol. The fraction of sp³-hybridized carbons (Fsp3) is 0.533. The van der Waals surface area contributed by atoms with Crippen molar-refractivity contribution in [3.05, 3.63) is 29.6 Å². The van der Waals surface area contributed by atoms with Gasteiger partial charge in [0.2, 0.25) is 0 Å². The van der Waals surface area contributed by atoms with Crippen LogP contribution >= 0.6 is 0 Å². The molecule has 2 N–H and O–H groups in total. The molecule has 0 bridgehead atoms. The molecule has 0 amide bonds. The Morgan fingerprint density at radius 2 is 2.14 bits per heavy atom. The number of ether oxygens (including phenoxy) is 2. The molecule has 21 heavy (non-hydrogen) atoms. The van der Waals surface area contributed by atoms with Crippen LogP contribution in [0.5, 0.6) is 5.75 Å². The number of nitrogens with one attached hydrogen (secondary N) is 2. The van der Waals surface area contributed by atoms with Crippen molar-refractivity contribution >= 4 is 5.96 Å². The van der Waals surface area contributed by atoms with Crippen molar-refractivity contribution in [3.63, 3.8) is 0 Å². The Labute approximate surface area is 125 Å². The molecule has 0 aliphatic rings. The van der Waals surface area contributed by atoms with Gasteiger partial charge in [-0.05, 0) is 31.0 Å². The molecule has 0 aliphatic carbocycles. The third-order valence-corrected chi connectivity index (χ3v) is 2.80. The van der Waals surface area contributed by atoms with E-state index < -0.39 is 0 Å². The fourth-order valence-electron chi connectivity index (χ4n) is 1.76. The molecule has 0 unspecified atom stereocenters. The van der Waals surface area contributed by atoms with E-state index in [1.807, 2.05) is 13.0 Å². The first-order valence-corrected chi connectivity index (χ1v) is 7.06. The van der Waals surface area contributed by atoms with Crippen LogP contribution in [-0.2, 0) is 11.3 Å². The van der Waals surface area contributed by atoms with Gasteiger partial charge in [0.05, 0.1) is 6.61 Å². The highest BCUT2D eigenvalue weighted by molar-refractivity contribution is 5.79. The van der Waals surface area contributed by atoms with Crippen LogP contribution in [-0.4, -0.2) is 39.9 Å². The van der Waals surface area contributed by atoms with Gasteiger partial charge in [-0.25, -0.2) is 4.39 Å². The summed E-state index contributed by atoms with van der Waals surface area (Å²) in [6.07, 6.45) is 0.898. The summed E-state index contributed by atoms with van der Waals surface area (Å²) < 4.78 is 23.9. The Morgan fingerprint density at radius 1 is 1.33 bits per heavy atom. The summed E-state index contributed by atoms with van der Waals surface area (Å²) in [7, 11) is 3.37. The average Bonchev–Trinajstić information content (AvgIpc) is 2.49. The summed E-state index contributed by atoms with van der Waals surface area (Å²) in [6, 6.07) is 4.94. The predicted molar refractivity (Wildman–Crippen MR) is 82.3 cm³/mol. The van der Waals surface area contributed by atoms with E-state index >= 15 is 0 Å². The van der Waals surface area contributed by atoms with Gasteiger partial charge >= 0.3 is 0 Å². The lowest BCUT2D eigenvalue weighted by Gasteiger charge is -2.12. The SMILES string of the molecule is CCOc1ccc(CNC(=NC)NCCCOC)cc1F. The number of hydrogen-bond donors (Lipinski definition) is 2. The van der Waals surface area contributed by atoms with Crippen molar-refractivity contribution in [2.45, 2.75) is 19.9 Å². The lowest BCUT2D eigenvalue weighted by Crippen LogP contribution is -2.37. The maximum absolute atomic E-state index is 13.7.